The summed E-state index contributed by atoms with van der Waals surface area (Å²) in [4.78, 5) is 18.7. The Labute approximate surface area is 137 Å². The summed E-state index contributed by atoms with van der Waals surface area (Å²) in [6, 6.07) is 11.6. The molecule has 23 heavy (non-hydrogen) atoms. The van der Waals surface area contributed by atoms with Crippen LogP contribution >= 0.6 is 0 Å². The van der Waals surface area contributed by atoms with Crippen LogP contribution in [0.25, 0.3) is 0 Å². The van der Waals surface area contributed by atoms with Crippen molar-refractivity contribution in [3.63, 3.8) is 0 Å². The first-order valence-electron chi connectivity index (χ1n) is 8.34. The lowest BCUT2D eigenvalue weighted by Crippen LogP contribution is -2.24. The Morgan fingerprint density at radius 1 is 1.04 bits per heavy atom. The Morgan fingerprint density at radius 3 is 2.43 bits per heavy atom. The lowest BCUT2D eigenvalue weighted by molar-refractivity contribution is 0.102. The third kappa shape index (κ3) is 4.63. The Bertz CT molecular complexity index is 617. The molecule has 2 aromatic rings. The maximum absolute atomic E-state index is 12.2. The molecule has 1 aromatic heterocycles. The van der Waals surface area contributed by atoms with Gasteiger partial charge in [-0.05, 0) is 55.8 Å². The zero-order chi connectivity index (χ0) is 15.9. The van der Waals surface area contributed by atoms with E-state index in [9.17, 15) is 4.79 Å². The van der Waals surface area contributed by atoms with E-state index in [1.54, 1.807) is 18.5 Å². The summed E-state index contributed by atoms with van der Waals surface area (Å²) < 4.78 is 0. The molecule has 1 fully saturated rings. The first-order valence-corrected chi connectivity index (χ1v) is 8.34. The maximum atomic E-state index is 12.2. The highest BCUT2D eigenvalue weighted by atomic mass is 16.1. The normalized spacial score (nSPS) is 15.8. The van der Waals surface area contributed by atoms with Gasteiger partial charge in [-0.3, -0.25) is 14.7 Å². The molecule has 0 bridgehead atoms. The minimum absolute atomic E-state index is 0.0978. The first kappa shape index (κ1) is 15.7. The molecule has 0 atom stereocenters. The van der Waals surface area contributed by atoms with Crippen molar-refractivity contribution in [1.82, 2.24) is 9.88 Å². The number of likely N-dealkylation sites (tertiary alicyclic amines) is 1. The molecular formula is C19H23N3O. The minimum atomic E-state index is -0.0978. The monoisotopic (exact) mass is 309 g/mol. The van der Waals surface area contributed by atoms with Crippen LogP contribution in [0.3, 0.4) is 0 Å². The fourth-order valence-electron chi connectivity index (χ4n) is 2.95. The van der Waals surface area contributed by atoms with E-state index in [0.717, 1.165) is 6.54 Å². The second-order valence-corrected chi connectivity index (χ2v) is 6.08. The molecule has 0 spiro atoms. The predicted octanol–water partition coefficient (Wildman–Crippen LogP) is 3.71. The summed E-state index contributed by atoms with van der Waals surface area (Å²) in [5.41, 5.74) is 2.66. The summed E-state index contributed by atoms with van der Waals surface area (Å²) in [5, 5.41) is 2.86. The second kappa shape index (κ2) is 7.88. The highest BCUT2D eigenvalue weighted by Gasteiger charge is 2.10. The Kier molecular flexibility index (Phi) is 5.37. The molecule has 1 amide bonds. The number of carbonyl (C=O) groups excluding carboxylic acids is 1. The van der Waals surface area contributed by atoms with Crippen LogP contribution in [0.4, 0.5) is 5.69 Å². The fraction of sp³-hybridized carbons (Fsp3) is 0.368. The van der Waals surface area contributed by atoms with Gasteiger partial charge >= 0.3 is 0 Å². The molecule has 120 valence electrons. The highest BCUT2D eigenvalue weighted by Crippen LogP contribution is 2.14. The molecule has 0 unspecified atom stereocenters. The van der Waals surface area contributed by atoms with Crippen LogP contribution in [0.1, 0.15) is 41.6 Å². The van der Waals surface area contributed by atoms with E-state index in [1.807, 2.05) is 18.2 Å². The number of nitrogens with zero attached hydrogens (tertiary/aromatic N) is 2. The van der Waals surface area contributed by atoms with Crippen LogP contribution < -0.4 is 5.32 Å². The van der Waals surface area contributed by atoms with Gasteiger partial charge in [0.2, 0.25) is 0 Å². The van der Waals surface area contributed by atoms with E-state index < -0.39 is 0 Å². The largest absolute Gasteiger partial charge is 0.321 e. The standard InChI is InChI=1S/C19H23N3O/c23-19(21-18-6-5-11-20-14-18)17-9-7-16(8-10-17)15-22-12-3-1-2-4-13-22/h5-11,14H,1-4,12-13,15H2,(H,21,23). The number of carbonyl (C=O) groups is 1. The smallest absolute Gasteiger partial charge is 0.255 e. The van der Waals surface area contributed by atoms with Gasteiger partial charge in [-0.2, -0.15) is 0 Å². The van der Waals surface area contributed by atoms with Crippen molar-refractivity contribution >= 4 is 11.6 Å². The third-order valence-electron chi connectivity index (χ3n) is 4.24. The molecule has 0 radical (unpaired) electrons. The van der Waals surface area contributed by atoms with Crippen LogP contribution in [-0.2, 0) is 6.54 Å². The molecule has 3 rings (SSSR count). The molecule has 1 saturated heterocycles. The van der Waals surface area contributed by atoms with Crippen molar-refractivity contribution in [1.29, 1.82) is 0 Å². The van der Waals surface area contributed by atoms with Crippen LogP contribution in [0.15, 0.2) is 48.8 Å². The van der Waals surface area contributed by atoms with Crippen molar-refractivity contribution in [2.45, 2.75) is 32.2 Å². The van der Waals surface area contributed by atoms with Gasteiger partial charge in [0.05, 0.1) is 11.9 Å². The first-order chi connectivity index (χ1) is 11.3. The minimum Gasteiger partial charge on any atom is -0.321 e. The molecule has 1 aromatic carbocycles. The molecule has 0 saturated carbocycles. The van der Waals surface area contributed by atoms with Crippen molar-refractivity contribution in [3.05, 3.63) is 59.9 Å². The maximum Gasteiger partial charge on any atom is 0.255 e. The molecule has 4 heteroatoms. The molecule has 0 aliphatic carbocycles. The zero-order valence-corrected chi connectivity index (χ0v) is 13.4. The number of anilines is 1. The van der Waals surface area contributed by atoms with Crippen LogP contribution in [-0.4, -0.2) is 28.9 Å². The topological polar surface area (TPSA) is 45.2 Å². The predicted molar refractivity (Wildman–Crippen MR) is 92.4 cm³/mol. The van der Waals surface area contributed by atoms with Gasteiger partial charge in [0.15, 0.2) is 0 Å². The molecular weight excluding hydrogens is 286 g/mol. The zero-order valence-electron chi connectivity index (χ0n) is 13.4. The van der Waals surface area contributed by atoms with Crippen molar-refractivity contribution in [2.24, 2.45) is 0 Å². The third-order valence-corrected chi connectivity index (χ3v) is 4.24. The number of rotatable bonds is 4. The van der Waals surface area contributed by atoms with E-state index in [0.29, 0.717) is 11.3 Å². The summed E-state index contributed by atoms with van der Waals surface area (Å²) in [5.74, 6) is -0.0978. The number of pyridine rings is 1. The van der Waals surface area contributed by atoms with Gasteiger partial charge in [0, 0.05) is 18.3 Å². The summed E-state index contributed by atoms with van der Waals surface area (Å²) >= 11 is 0. The molecule has 1 aliphatic heterocycles. The number of hydrogen-bond acceptors (Lipinski definition) is 3. The lowest BCUT2D eigenvalue weighted by Gasteiger charge is -2.19. The lowest BCUT2D eigenvalue weighted by atomic mass is 10.1. The summed E-state index contributed by atoms with van der Waals surface area (Å²) in [7, 11) is 0. The average Bonchev–Trinajstić information content (AvgIpc) is 2.85. The van der Waals surface area contributed by atoms with Crippen LogP contribution in [0, 0.1) is 0 Å². The molecule has 1 N–H and O–H groups in total. The molecule has 4 nitrogen and oxygen atoms in total. The Morgan fingerprint density at radius 2 is 1.78 bits per heavy atom. The van der Waals surface area contributed by atoms with Crippen molar-refractivity contribution in [3.8, 4) is 0 Å². The van der Waals surface area contributed by atoms with Gasteiger partial charge in [-0.25, -0.2) is 0 Å². The van der Waals surface area contributed by atoms with E-state index in [1.165, 1.54) is 44.3 Å². The van der Waals surface area contributed by atoms with E-state index in [4.69, 9.17) is 0 Å². The Hall–Kier alpha value is -2.20. The summed E-state index contributed by atoms with van der Waals surface area (Å²) in [6.07, 6.45) is 8.63. The van der Waals surface area contributed by atoms with Gasteiger partial charge < -0.3 is 5.32 Å². The average molecular weight is 309 g/mol. The number of nitrogens with one attached hydrogen (secondary N) is 1. The number of aromatic nitrogens is 1. The fourth-order valence-corrected chi connectivity index (χ4v) is 2.95. The van der Waals surface area contributed by atoms with Crippen molar-refractivity contribution in [2.75, 3.05) is 18.4 Å². The quantitative estimate of drug-likeness (QED) is 0.936. The van der Waals surface area contributed by atoms with E-state index in [2.05, 4.69) is 27.3 Å². The molecule has 1 aliphatic rings. The SMILES string of the molecule is O=C(Nc1cccnc1)c1ccc(CN2CCCCCC2)cc1. The van der Waals surface area contributed by atoms with Gasteiger partial charge in [0.1, 0.15) is 0 Å². The van der Waals surface area contributed by atoms with Crippen molar-refractivity contribution < 1.29 is 4.79 Å². The van der Waals surface area contributed by atoms with Gasteiger partial charge in [0.25, 0.3) is 5.91 Å². The van der Waals surface area contributed by atoms with E-state index >= 15 is 0 Å². The number of amides is 1. The molecule has 2 heterocycles. The Balaban J connectivity index is 1.59. The second-order valence-electron chi connectivity index (χ2n) is 6.08. The van der Waals surface area contributed by atoms with E-state index in [-0.39, 0.29) is 5.91 Å². The van der Waals surface area contributed by atoms with Crippen LogP contribution in [0.2, 0.25) is 0 Å². The van der Waals surface area contributed by atoms with Gasteiger partial charge in [-0.15, -0.1) is 0 Å². The number of benzene rings is 1. The highest BCUT2D eigenvalue weighted by molar-refractivity contribution is 6.04. The number of hydrogen-bond donors (Lipinski definition) is 1. The summed E-state index contributed by atoms with van der Waals surface area (Å²) in [6.45, 7) is 3.34. The van der Waals surface area contributed by atoms with Gasteiger partial charge in [-0.1, -0.05) is 25.0 Å². The van der Waals surface area contributed by atoms with Crippen LogP contribution in [0.5, 0.6) is 0 Å².